The van der Waals surface area contributed by atoms with Gasteiger partial charge in [0.2, 0.25) is 10.0 Å². The lowest BCUT2D eigenvalue weighted by Crippen LogP contribution is -2.40. The van der Waals surface area contributed by atoms with Gasteiger partial charge < -0.3 is 4.90 Å². The lowest BCUT2D eigenvalue weighted by molar-refractivity contribution is 0.0980. The summed E-state index contributed by atoms with van der Waals surface area (Å²) in [5.74, 6) is -0.155. The van der Waals surface area contributed by atoms with Gasteiger partial charge in [-0.1, -0.05) is 18.9 Å². The molecule has 7 nitrogen and oxygen atoms in total. The first-order chi connectivity index (χ1) is 17.5. The number of nitrogens with zero attached hydrogens (tertiary/aromatic N) is 1. The van der Waals surface area contributed by atoms with Crippen molar-refractivity contribution in [2.45, 2.75) is 79.8 Å². The maximum Gasteiger partial charge on any atom is 0.258 e. The number of benzene rings is 2. The number of carbonyl (C=O) groups excluding carboxylic acids is 1. The summed E-state index contributed by atoms with van der Waals surface area (Å²) in [6, 6.07) is 12.4. The van der Waals surface area contributed by atoms with Crippen molar-refractivity contribution in [1.82, 2.24) is 0 Å². The summed E-state index contributed by atoms with van der Waals surface area (Å²) in [6.07, 6.45) is 11.6. The van der Waals surface area contributed by atoms with Crippen LogP contribution in [-0.4, -0.2) is 36.6 Å². The van der Waals surface area contributed by atoms with Gasteiger partial charge in [0.1, 0.15) is 0 Å². The monoisotopic (exact) mass is 541 g/mol. The number of rotatable bonds is 5. The molecule has 0 aromatic heterocycles. The fourth-order valence-corrected chi connectivity index (χ4v) is 9.40. The summed E-state index contributed by atoms with van der Waals surface area (Å²) in [5, 5.41) is -0.147. The van der Waals surface area contributed by atoms with Crippen molar-refractivity contribution < 1.29 is 17.4 Å². The Morgan fingerprint density at radius 3 is 2.30 bits per heavy atom. The zero-order valence-corrected chi connectivity index (χ0v) is 22.9. The highest BCUT2D eigenvalue weighted by molar-refractivity contribution is 7.93. The van der Waals surface area contributed by atoms with Crippen LogP contribution in [0.25, 0.3) is 0 Å². The van der Waals surface area contributed by atoms with E-state index in [9.17, 15) is 17.4 Å². The molecule has 0 unspecified atom stereocenters. The van der Waals surface area contributed by atoms with Gasteiger partial charge in [-0.3, -0.25) is 9.52 Å². The van der Waals surface area contributed by atoms with Crippen LogP contribution < -0.4 is 9.62 Å². The van der Waals surface area contributed by atoms with Crippen molar-refractivity contribution in [3.63, 3.8) is 0 Å². The number of anilines is 2. The fraction of sp³-hybridized carbons (Fsp3) is 0.536. The topological polar surface area (TPSA) is 107 Å². The van der Waals surface area contributed by atoms with Crippen LogP contribution in [0.3, 0.4) is 0 Å². The molecule has 9 heteroatoms. The van der Waals surface area contributed by atoms with E-state index in [1.54, 1.807) is 30.3 Å². The lowest BCUT2D eigenvalue weighted by atomic mass is 9.66. The van der Waals surface area contributed by atoms with Gasteiger partial charge in [0, 0.05) is 39.0 Å². The molecule has 3 aliphatic carbocycles. The molecule has 2 N–H and O–H groups in total. The first-order valence-corrected chi connectivity index (χ1v) is 16.8. The minimum Gasteiger partial charge on any atom is -0.307 e. The summed E-state index contributed by atoms with van der Waals surface area (Å²) in [4.78, 5) is 16.2. The molecule has 6 rings (SSSR count). The molecule has 0 radical (unpaired) electrons. The van der Waals surface area contributed by atoms with E-state index in [0.717, 1.165) is 68.9 Å². The Bertz CT molecular complexity index is 1460. The van der Waals surface area contributed by atoms with Crippen molar-refractivity contribution in [3.8, 4) is 0 Å². The van der Waals surface area contributed by atoms with Crippen molar-refractivity contribution in [2.75, 3.05) is 22.4 Å². The Labute approximate surface area is 220 Å². The second kappa shape index (κ2) is 8.56. The third kappa shape index (κ3) is 4.48. The molecule has 3 saturated carbocycles. The predicted octanol–water partition coefficient (Wildman–Crippen LogP) is 5.66. The number of hydrogen-bond donors (Lipinski definition) is 2. The zero-order chi connectivity index (χ0) is 26.1. The van der Waals surface area contributed by atoms with E-state index in [0.29, 0.717) is 28.1 Å². The summed E-state index contributed by atoms with van der Waals surface area (Å²) in [7, 11) is -6.39. The van der Waals surface area contributed by atoms with Gasteiger partial charge in [0.05, 0.1) is 16.0 Å². The van der Waals surface area contributed by atoms with Crippen LogP contribution in [0.1, 0.15) is 80.1 Å². The van der Waals surface area contributed by atoms with Crippen molar-refractivity contribution in [2.24, 2.45) is 5.41 Å². The van der Waals surface area contributed by atoms with Gasteiger partial charge >= 0.3 is 0 Å². The minimum absolute atomic E-state index is 0.147. The van der Waals surface area contributed by atoms with E-state index in [-0.39, 0.29) is 16.6 Å². The average Bonchev–Trinajstić information content (AvgIpc) is 3.27. The standard InChI is InChI=1S/C28H35N3O4S2/c1-36(33,34)30-21-9-10-25-24(18-21)28(15-13-27(11-12-27)14-16-28)19-31(25)26(32)20-5-4-8-23(17-20)37(29,35)22-6-2-3-7-22/h4-5,8-10,17-18,22,29-30H,2-3,6-7,11-16,19H2,1H3/t37-/m0/s1. The smallest absolute Gasteiger partial charge is 0.258 e. The molecule has 0 saturated heterocycles. The molecule has 37 heavy (non-hydrogen) atoms. The van der Waals surface area contributed by atoms with Crippen molar-refractivity contribution in [3.05, 3.63) is 53.6 Å². The van der Waals surface area contributed by atoms with E-state index >= 15 is 0 Å². The Hall–Kier alpha value is -2.39. The van der Waals surface area contributed by atoms with E-state index in [4.69, 9.17) is 4.78 Å². The zero-order valence-electron chi connectivity index (χ0n) is 21.3. The first kappa shape index (κ1) is 24.9. The van der Waals surface area contributed by atoms with E-state index in [1.165, 1.54) is 12.8 Å². The summed E-state index contributed by atoms with van der Waals surface area (Å²) < 4.78 is 48.5. The lowest BCUT2D eigenvalue weighted by Gasteiger charge is -2.38. The SMILES string of the molecule is CS(=O)(=O)Nc1ccc2c(c1)C1(CCC3(CC3)CC1)CN2C(=O)c1cccc([S@@](=N)(=O)C2CCCC2)c1. The van der Waals surface area contributed by atoms with Gasteiger partial charge in [-0.25, -0.2) is 17.4 Å². The number of sulfonamides is 1. The number of hydrogen-bond acceptors (Lipinski definition) is 5. The molecule has 4 aliphatic rings. The fourth-order valence-electron chi connectivity index (χ4n) is 6.88. The molecule has 1 amide bonds. The number of amides is 1. The molecule has 2 aromatic carbocycles. The second-order valence-electron chi connectivity index (χ2n) is 11.8. The van der Waals surface area contributed by atoms with Crippen LogP contribution in [0.5, 0.6) is 0 Å². The summed E-state index contributed by atoms with van der Waals surface area (Å²) in [6.45, 7) is 0.558. The normalized spacial score (nSPS) is 23.6. The molecular weight excluding hydrogens is 506 g/mol. The largest absolute Gasteiger partial charge is 0.307 e. The highest BCUT2D eigenvalue weighted by Gasteiger charge is 2.53. The molecule has 3 fully saturated rings. The second-order valence-corrected chi connectivity index (χ2v) is 15.9. The van der Waals surface area contributed by atoms with Gasteiger partial charge in [-0.15, -0.1) is 0 Å². The van der Waals surface area contributed by atoms with Crippen LogP contribution in [0.2, 0.25) is 0 Å². The summed E-state index contributed by atoms with van der Waals surface area (Å²) in [5.41, 5.74) is 3.12. The van der Waals surface area contributed by atoms with Gasteiger partial charge in [0.25, 0.3) is 5.91 Å². The Kier molecular flexibility index (Phi) is 5.77. The Morgan fingerprint density at radius 2 is 1.65 bits per heavy atom. The number of fused-ring (bicyclic) bond motifs is 2. The molecule has 1 aliphatic heterocycles. The van der Waals surface area contributed by atoms with Crippen LogP contribution in [0.15, 0.2) is 47.4 Å². The van der Waals surface area contributed by atoms with E-state index < -0.39 is 19.8 Å². The molecule has 1 atom stereocenters. The van der Waals surface area contributed by atoms with Crippen LogP contribution in [0, 0.1) is 10.2 Å². The van der Waals surface area contributed by atoms with Gasteiger partial charge in [0.15, 0.2) is 0 Å². The van der Waals surface area contributed by atoms with Crippen LogP contribution in [0.4, 0.5) is 11.4 Å². The molecule has 2 spiro atoms. The van der Waals surface area contributed by atoms with Gasteiger partial charge in [-0.05, 0) is 98.7 Å². The maximum absolute atomic E-state index is 13.9. The van der Waals surface area contributed by atoms with Gasteiger partial charge in [-0.2, -0.15) is 0 Å². The number of nitrogens with one attached hydrogen (secondary N) is 2. The third-order valence-corrected chi connectivity index (χ3v) is 12.3. The summed E-state index contributed by atoms with van der Waals surface area (Å²) >= 11 is 0. The third-order valence-electron chi connectivity index (χ3n) is 9.30. The molecule has 2 aromatic rings. The average molecular weight is 542 g/mol. The predicted molar refractivity (Wildman–Crippen MR) is 146 cm³/mol. The van der Waals surface area contributed by atoms with Crippen LogP contribution >= 0.6 is 0 Å². The quantitative estimate of drug-likeness (QED) is 0.509. The van der Waals surface area contributed by atoms with Crippen molar-refractivity contribution in [1.29, 1.82) is 4.78 Å². The highest BCUT2D eigenvalue weighted by atomic mass is 32.2. The van der Waals surface area contributed by atoms with Crippen LogP contribution in [-0.2, 0) is 25.2 Å². The minimum atomic E-state index is -3.42. The molecule has 0 bridgehead atoms. The number of carbonyl (C=O) groups is 1. The highest BCUT2D eigenvalue weighted by Crippen LogP contribution is 2.62. The Morgan fingerprint density at radius 1 is 0.973 bits per heavy atom. The molecule has 198 valence electrons. The molecule has 1 heterocycles. The van der Waals surface area contributed by atoms with E-state index in [1.807, 2.05) is 17.0 Å². The maximum atomic E-state index is 13.9. The first-order valence-electron chi connectivity index (χ1n) is 13.3. The molecular formula is C28H35N3O4S2. The van der Waals surface area contributed by atoms with Crippen molar-refractivity contribution >= 4 is 37.0 Å². The Balaban J connectivity index is 1.35. The van der Waals surface area contributed by atoms with E-state index in [2.05, 4.69) is 4.72 Å².